The Morgan fingerprint density at radius 2 is 2.26 bits per heavy atom. The van der Waals surface area contributed by atoms with Crippen LogP contribution in [0.15, 0.2) is 36.9 Å². The lowest BCUT2D eigenvalue weighted by Gasteiger charge is -2.11. The number of hydrogen-bond donors (Lipinski definition) is 2. The lowest BCUT2D eigenvalue weighted by molar-refractivity contribution is 0.0953. The molecule has 0 aliphatic carbocycles. The van der Waals surface area contributed by atoms with Gasteiger partial charge in [0.15, 0.2) is 0 Å². The van der Waals surface area contributed by atoms with E-state index in [0.717, 1.165) is 11.3 Å². The summed E-state index contributed by atoms with van der Waals surface area (Å²) in [6.45, 7) is 3.29. The van der Waals surface area contributed by atoms with Crippen molar-refractivity contribution in [2.45, 2.75) is 13.5 Å². The number of imidazole rings is 1. The van der Waals surface area contributed by atoms with E-state index < -0.39 is 0 Å². The zero-order chi connectivity index (χ0) is 13.7. The van der Waals surface area contributed by atoms with Crippen molar-refractivity contribution in [1.29, 1.82) is 0 Å². The van der Waals surface area contributed by atoms with Gasteiger partial charge >= 0.3 is 0 Å². The second kappa shape index (κ2) is 6.04. The number of rotatable bonds is 5. The number of carbonyl (C=O) groups is 1. The van der Waals surface area contributed by atoms with Crippen LogP contribution in [0.5, 0.6) is 0 Å². The van der Waals surface area contributed by atoms with Gasteiger partial charge in [0.1, 0.15) is 0 Å². The first-order valence-corrected chi connectivity index (χ1v) is 6.23. The number of aryl methyl sites for hydroxylation is 1. The number of benzene rings is 1. The summed E-state index contributed by atoms with van der Waals surface area (Å²) >= 11 is 0. The Kier molecular flexibility index (Phi) is 4.18. The third-order valence-electron chi connectivity index (χ3n) is 2.90. The number of nitrogens with one attached hydrogen (secondary N) is 2. The van der Waals surface area contributed by atoms with E-state index in [4.69, 9.17) is 0 Å². The minimum absolute atomic E-state index is 0.0653. The molecule has 1 aromatic carbocycles. The second-order valence-electron chi connectivity index (χ2n) is 4.36. The average molecular weight is 258 g/mol. The molecule has 0 spiro atoms. The normalized spacial score (nSPS) is 10.2. The number of anilines is 1. The van der Waals surface area contributed by atoms with E-state index >= 15 is 0 Å². The minimum atomic E-state index is -0.0653. The lowest BCUT2D eigenvalue weighted by Crippen LogP contribution is -2.27. The van der Waals surface area contributed by atoms with Crippen molar-refractivity contribution in [3.05, 3.63) is 48.0 Å². The van der Waals surface area contributed by atoms with Crippen molar-refractivity contribution >= 4 is 11.6 Å². The van der Waals surface area contributed by atoms with Gasteiger partial charge in [-0.3, -0.25) is 4.79 Å². The topological polar surface area (TPSA) is 59.0 Å². The van der Waals surface area contributed by atoms with E-state index in [1.165, 1.54) is 0 Å². The minimum Gasteiger partial charge on any atom is -0.387 e. The van der Waals surface area contributed by atoms with Gasteiger partial charge in [-0.1, -0.05) is 6.07 Å². The molecule has 1 amide bonds. The smallest absolute Gasteiger partial charge is 0.253 e. The van der Waals surface area contributed by atoms with Gasteiger partial charge in [-0.25, -0.2) is 4.98 Å². The zero-order valence-corrected chi connectivity index (χ0v) is 11.2. The van der Waals surface area contributed by atoms with Crippen LogP contribution in [-0.2, 0) is 6.54 Å². The summed E-state index contributed by atoms with van der Waals surface area (Å²) in [6, 6.07) is 5.74. The third kappa shape index (κ3) is 3.34. The van der Waals surface area contributed by atoms with Crippen LogP contribution < -0.4 is 10.6 Å². The van der Waals surface area contributed by atoms with E-state index in [1.54, 1.807) is 12.5 Å². The van der Waals surface area contributed by atoms with Crippen LogP contribution in [-0.4, -0.2) is 29.1 Å². The highest BCUT2D eigenvalue weighted by atomic mass is 16.1. The lowest BCUT2D eigenvalue weighted by atomic mass is 10.1. The summed E-state index contributed by atoms with van der Waals surface area (Å²) in [6.07, 6.45) is 5.33. The molecule has 100 valence electrons. The molecule has 2 aromatic rings. The van der Waals surface area contributed by atoms with Gasteiger partial charge in [0.25, 0.3) is 5.91 Å². The number of amides is 1. The van der Waals surface area contributed by atoms with Gasteiger partial charge in [0, 0.05) is 38.2 Å². The molecule has 5 heteroatoms. The average Bonchev–Trinajstić information content (AvgIpc) is 2.91. The highest BCUT2D eigenvalue weighted by Crippen LogP contribution is 2.16. The van der Waals surface area contributed by atoms with Gasteiger partial charge in [-0.05, 0) is 24.6 Å². The van der Waals surface area contributed by atoms with Crippen molar-refractivity contribution in [3.63, 3.8) is 0 Å². The van der Waals surface area contributed by atoms with Crippen LogP contribution in [0.2, 0.25) is 0 Å². The molecule has 1 aromatic heterocycles. The van der Waals surface area contributed by atoms with Crippen LogP contribution in [0.1, 0.15) is 15.9 Å². The van der Waals surface area contributed by atoms with Crippen molar-refractivity contribution in [1.82, 2.24) is 14.9 Å². The van der Waals surface area contributed by atoms with Gasteiger partial charge in [0.2, 0.25) is 0 Å². The summed E-state index contributed by atoms with van der Waals surface area (Å²) in [7, 11) is 1.82. The van der Waals surface area contributed by atoms with Crippen LogP contribution in [0.25, 0.3) is 0 Å². The van der Waals surface area contributed by atoms with E-state index in [0.29, 0.717) is 18.7 Å². The van der Waals surface area contributed by atoms with Gasteiger partial charge in [-0.2, -0.15) is 0 Å². The van der Waals surface area contributed by atoms with Gasteiger partial charge in [0.05, 0.1) is 11.9 Å². The first-order chi connectivity index (χ1) is 9.20. The maximum absolute atomic E-state index is 12.1. The van der Waals surface area contributed by atoms with Gasteiger partial charge in [-0.15, -0.1) is 0 Å². The predicted octanol–water partition coefficient (Wildman–Crippen LogP) is 1.66. The summed E-state index contributed by atoms with van der Waals surface area (Å²) in [5.41, 5.74) is 2.64. The SMILES string of the molecule is CNc1cc(C)ccc1C(=O)NCCn1ccnc1. The Morgan fingerprint density at radius 3 is 2.95 bits per heavy atom. The quantitative estimate of drug-likeness (QED) is 0.857. The standard InChI is InChI=1S/C14H18N4O/c1-11-3-4-12(13(9-11)15-2)14(19)17-6-8-18-7-5-16-10-18/h3-5,7,9-10,15H,6,8H2,1-2H3,(H,17,19). The van der Waals surface area contributed by atoms with E-state index in [1.807, 2.05) is 42.9 Å². The molecule has 0 atom stereocenters. The fraction of sp³-hybridized carbons (Fsp3) is 0.286. The number of nitrogens with zero attached hydrogens (tertiary/aromatic N) is 2. The third-order valence-corrected chi connectivity index (χ3v) is 2.90. The number of carbonyl (C=O) groups excluding carboxylic acids is 1. The van der Waals surface area contributed by atoms with Crippen LogP contribution in [0.3, 0.4) is 0 Å². The molecule has 0 aliphatic rings. The molecule has 0 aliphatic heterocycles. The molecule has 5 nitrogen and oxygen atoms in total. The molecule has 0 bridgehead atoms. The summed E-state index contributed by atoms with van der Waals surface area (Å²) in [4.78, 5) is 16.0. The Morgan fingerprint density at radius 1 is 1.42 bits per heavy atom. The largest absolute Gasteiger partial charge is 0.387 e. The highest BCUT2D eigenvalue weighted by molar-refractivity contribution is 5.99. The molecule has 0 radical (unpaired) electrons. The van der Waals surface area contributed by atoms with E-state index in [2.05, 4.69) is 15.6 Å². The zero-order valence-electron chi connectivity index (χ0n) is 11.2. The van der Waals surface area contributed by atoms with E-state index in [9.17, 15) is 4.79 Å². The Bertz CT molecular complexity index is 549. The monoisotopic (exact) mass is 258 g/mol. The number of aromatic nitrogens is 2. The Balaban J connectivity index is 1.96. The molecule has 0 saturated carbocycles. The van der Waals surface area contributed by atoms with Crippen molar-refractivity contribution in [2.75, 3.05) is 18.9 Å². The van der Waals surface area contributed by atoms with Crippen LogP contribution >= 0.6 is 0 Å². The molecule has 19 heavy (non-hydrogen) atoms. The fourth-order valence-corrected chi connectivity index (χ4v) is 1.88. The molecule has 2 rings (SSSR count). The fourth-order valence-electron chi connectivity index (χ4n) is 1.88. The molecule has 0 fully saturated rings. The first-order valence-electron chi connectivity index (χ1n) is 6.23. The maximum atomic E-state index is 12.1. The van der Waals surface area contributed by atoms with Crippen molar-refractivity contribution in [2.24, 2.45) is 0 Å². The summed E-state index contributed by atoms with van der Waals surface area (Å²) < 4.78 is 1.93. The maximum Gasteiger partial charge on any atom is 0.253 e. The molecule has 0 saturated heterocycles. The van der Waals surface area contributed by atoms with Crippen LogP contribution in [0.4, 0.5) is 5.69 Å². The predicted molar refractivity (Wildman–Crippen MR) is 75.3 cm³/mol. The molecular formula is C14H18N4O. The molecule has 2 N–H and O–H groups in total. The second-order valence-corrected chi connectivity index (χ2v) is 4.36. The summed E-state index contributed by atoms with van der Waals surface area (Å²) in [5.74, 6) is -0.0653. The van der Waals surface area contributed by atoms with Crippen LogP contribution in [0, 0.1) is 6.92 Å². The Hall–Kier alpha value is -2.30. The molecule has 1 heterocycles. The number of hydrogen-bond acceptors (Lipinski definition) is 3. The van der Waals surface area contributed by atoms with E-state index in [-0.39, 0.29) is 5.91 Å². The highest BCUT2D eigenvalue weighted by Gasteiger charge is 2.09. The Labute approximate surface area is 112 Å². The first kappa shape index (κ1) is 13.1. The van der Waals surface area contributed by atoms with Crippen molar-refractivity contribution in [3.8, 4) is 0 Å². The summed E-state index contributed by atoms with van der Waals surface area (Å²) in [5, 5.41) is 5.95. The van der Waals surface area contributed by atoms with Gasteiger partial charge < -0.3 is 15.2 Å². The van der Waals surface area contributed by atoms with Crippen molar-refractivity contribution < 1.29 is 4.79 Å². The molecule has 0 unspecified atom stereocenters. The molecular weight excluding hydrogens is 240 g/mol.